The molecule has 0 saturated heterocycles. The molecule has 0 aromatic heterocycles. The van der Waals surface area contributed by atoms with Crippen molar-refractivity contribution >= 4 is 10.0 Å². The van der Waals surface area contributed by atoms with Crippen LogP contribution in [-0.4, -0.2) is 39.0 Å². The van der Waals surface area contributed by atoms with Crippen LogP contribution in [0.2, 0.25) is 0 Å². The molecule has 0 amide bonds. The molecule has 0 bridgehead atoms. The second kappa shape index (κ2) is 7.13. The molecule has 21 heavy (non-hydrogen) atoms. The maximum atomic E-state index is 12.7. The van der Waals surface area contributed by atoms with Gasteiger partial charge in [-0.2, -0.15) is 4.31 Å². The minimum atomic E-state index is -3.47. The van der Waals surface area contributed by atoms with Crippen LogP contribution < -0.4 is 9.47 Å². The van der Waals surface area contributed by atoms with E-state index < -0.39 is 10.0 Å². The van der Waals surface area contributed by atoms with Gasteiger partial charge in [0.15, 0.2) is 11.5 Å². The Morgan fingerprint density at radius 1 is 1.05 bits per heavy atom. The zero-order chi connectivity index (χ0) is 15.3. The van der Waals surface area contributed by atoms with E-state index >= 15 is 0 Å². The number of benzene rings is 1. The van der Waals surface area contributed by atoms with Crippen molar-refractivity contribution in [2.24, 2.45) is 0 Å². The van der Waals surface area contributed by atoms with Crippen LogP contribution in [0.25, 0.3) is 0 Å². The highest BCUT2D eigenvalue weighted by atomic mass is 32.2. The van der Waals surface area contributed by atoms with Crippen molar-refractivity contribution in [1.29, 1.82) is 0 Å². The van der Waals surface area contributed by atoms with E-state index in [1.807, 2.05) is 13.8 Å². The summed E-state index contributed by atoms with van der Waals surface area (Å²) in [5.74, 6) is 1.13. The Balaban J connectivity index is 2.33. The van der Waals surface area contributed by atoms with Gasteiger partial charge in [-0.25, -0.2) is 8.42 Å². The fraction of sp³-hybridized carbons (Fsp3) is 0.600. The van der Waals surface area contributed by atoms with E-state index in [1.54, 1.807) is 18.2 Å². The van der Waals surface area contributed by atoms with Gasteiger partial charge in [0.05, 0.1) is 18.1 Å². The normalized spacial score (nSPS) is 15.0. The predicted octanol–water partition coefficient (Wildman–Crippen LogP) is 2.66. The molecule has 1 aromatic rings. The Morgan fingerprint density at radius 2 is 1.67 bits per heavy atom. The van der Waals surface area contributed by atoms with Gasteiger partial charge in [0, 0.05) is 25.6 Å². The summed E-state index contributed by atoms with van der Waals surface area (Å²) in [6.07, 6.45) is 2.39. The number of nitrogens with zero attached hydrogens (tertiary/aromatic N) is 1. The maximum Gasteiger partial charge on any atom is 0.243 e. The lowest BCUT2D eigenvalue weighted by Gasteiger charge is -2.21. The van der Waals surface area contributed by atoms with E-state index in [4.69, 9.17) is 9.47 Å². The Labute approximate surface area is 126 Å². The van der Waals surface area contributed by atoms with Gasteiger partial charge in [0.25, 0.3) is 0 Å². The summed E-state index contributed by atoms with van der Waals surface area (Å²) in [6, 6.07) is 4.86. The minimum absolute atomic E-state index is 0.272. The first kappa shape index (κ1) is 16.1. The Bertz CT molecular complexity index is 565. The molecule has 0 radical (unpaired) electrons. The summed E-state index contributed by atoms with van der Waals surface area (Å²) in [7, 11) is -3.47. The topological polar surface area (TPSA) is 55.8 Å². The zero-order valence-electron chi connectivity index (χ0n) is 12.7. The molecule has 0 fully saturated rings. The van der Waals surface area contributed by atoms with E-state index in [0.29, 0.717) is 37.8 Å². The van der Waals surface area contributed by atoms with Crippen molar-refractivity contribution in [1.82, 2.24) is 4.31 Å². The largest absolute Gasteiger partial charge is 0.490 e. The predicted molar refractivity (Wildman–Crippen MR) is 81.4 cm³/mol. The molecule has 6 heteroatoms. The first-order valence-corrected chi connectivity index (χ1v) is 8.93. The second-order valence-corrected chi connectivity index (χ2v) is 7.00. The van der Waals surface area contributed by atoms with Crippen LogP contribution in [0.1, 0.15) is 33.1 Å². The first-order chi connectivity index (χ1) is 10.1. The smallest absolute Gasteiger partial charge is 0.243 e. The average Bonchev–Trinajstić information content (AvgIpc) is 2.71. The van der Waals surface area contributed by atoms with Crippen LogP contribution in [0.4, 0.5) is 0 Å². The Morgan fingerprint density at radius 3 is 2.29 bits per heavy atom. The monoisotopic (exact) mass is 313 g/mol. The van der Waals surface area contributed by atoms with E-state index in [0.717, 1.165) is 19.3 Å². The highest BCUT2D eigenvalue weighted by molar-refractivity contribution is 7.89. The molecule has 0 atom stereocenters. The second-order valence-electron chi connectivity index (χ2n) is 5.06. The number of rotatable bonds is 6. The zero-order valence-corrected chi connectivity index (χ0v) is 13.5. The first-order valence-electron chi connectivity index (χ1n) is 7.49. The lowest BCUT2D eigenvalue weighted by molar-refractivity contribution is 0.296. The fourth-order valence-electron chi connectivity index (χ4n) is 2.30. The lowest BCUT2D eigenvalue weighted by Crippen LogP contribution is -2.32. The van der Waals surface area contributed by atoms with Crippen LogP contribution in [0, 0.1) is 0 Å². The molecule has 1 aliphatic rings. The van der Waals surface area contributed by atoms with E-state index in [2.05, 4.69) is 0 Å². The molecule has 0 spiro atoms. The van der Waals surface area contributed by atoms with Gasteiger partial charge >= 0.3 is 0 Å². The molecule has 118 valence electrons. The summed E-state index contributed by atoms with van der Waals surface area (Å²) in [5.41, 5.74) is 0. The molecular weight excluding hydrogens is 290 g/mol. The molecule has 1 aromatic carbocycles. The van der Waals surface area contributed by atoms with Crippen molar-refractivity contribution < 1.29 is 17.9 Å². The van der Waals surface area contributed by atoms with Crippen LogP contribution in [0.15, 0.2) is 23.1 Å². The summed E-state index contributed by atoms with van der Waals surface area (Å²) in [5, 5.41) is 0. The molecule has 0 aliphatic carbocycles. The maximum absolute atomic E-state index is 12.7. The van der Waals surface area contributed by atoms with Crippen molar-refractivity contribution in [2.45, 2.75) is 38.0 Å². The SMILES string of the molecule is CCCN(CCC)S(=O)(=O)c1ccc2c(c1)OCCCO2. The van der Waals surface area contributed by atoms with Crippen LogP contribution in [-0.2, 0) is 10.0 Å². The molecule has 0 N–H and O–H groups in total. The lowest BCUT2D eigenvalue weighted by atomic mass is 10.3. The van der Waals surface area contributed by atoms with Crippen molar-refractivity contribution in [3.05, 3.63) is 18.2 Å². The molecule has 2 rings (SSSR count). The summed E-state index contributed by atoms with van der Waals surface area (Å²) in [6.45, 7) is 6.16. The third-order valence-electron chi connectivity index (χ3n) is 3.30. The molecule has 1 heterocycles. The van der Waals surface area contributed by atoms with Gasteiger partial charge in [-0.15, -0.1) is 0 Å². The van der Waals surface area contributed by atoms with Crippen LogP contribution in [0.3, 0.4) is 0 Å². The van der Waals surface area contributed by atoms with E-state index in [-0.39, 0.29) is 4.90 Å². The number of sulfonamides is 1. The molecular formula is C15H23NO4S. The van der Waals surface area contributed by atoms with Crippen molar-refractivity contribution in [3.8, 4) is 11.5 Å². The summed E-state index contributed by atoms with van der Waals surface area (Å²) in [4.78, 5) is 0.272. The summed E-state index contributed by atoms with van der Waals surface area (Å²) >= 11 is 0. The average molecular weight is 313 g/mol. The van der Waals surface area contributed by atoms with Crippen molar-refractivity contribution in [2.75, 3.05) is 26.3 Å². The van der Waals surface area contributed by atoms with E-state index in [1.165, 1.54) is 4.31 Å². The summed E-state index contributed by atoms with van der Waals surface area (Å²) < 4.78 is 38.1. The molecule has 0 saturated carbocycles. The highest BCUT2D eigenvalue weighted by Gasteiger charge is 2.25. The fourth-order valence-corrected chi connectivity index (χ4v) is 3.94. The number of hydrogen-bond acceptors (Lipinski definition) is 4. The quantitative estimate of drug-likeness (QED) is 0.810. The Kier molecular flexibility index (Phi) is 5.47. The van der Waals surface area contributed by atoms with Gasteiger partial charge in [-0.05, 0) is 25.0 Å². The van der Waals surface area contributed by atoms with E-state index in [9.17, 15) is 8.42 Å². The molecule has 5 nitrogen and oxygen atoms in total. The number of hydrogen-bond donors (Lipinski definition) is 0. The molecule has 1 aliphatic heterocycles. The van der Waals surface area contributed by atoms with Crippen LogP contribution >= 0.6 is 0 Å². The minimum Gasteiger partial charge on any atom is -0.490 e. The van der Waals surface area contributed by atoms with Gasteiger partial charge < -0.3 is 9.47 Å². The van der Waals surface area contributed by atoms with Gasteiger partial charge in [0.1, 0.15) is 0 Å². The standard InChI is InChI=1S/C15H23NO4S/c1-3-8-16(9-4-2)21(17,18)13-6-7-14-15(12-13)20-11-5-10-19-14/h6-7,12H,3-5,8-11H2,1-2H3. The van der Waals surface area contributed by atoms with Gasteiger partial charge in [-0.3, -0.25) is 0 Å². The number of ether oxygens (including phenoxy) is 2. The third-order valence-corrected chi connectivity index (χ3v) is 5.20. The third kappa shape index (κ3) is 3.68. The van der Waals surface area contributed by atoms with Gasteiger partial charge in [0.2, 0.25) is 10.0 Å². The van der Waals surface area contributed by atoms with Crippen LogP contribution in [0.5, 0.6) is 11.5 Å². The highest BCUT2D eigenvalue weighted by Crippen LogP contribution is 2.32. The van der Waals surface area contributed by atoms with Gasteiger partial charge in [-0.1, -0.05) is 13.8 Å². The molecule has 0 unspecified atom stereocenters. The Hall–Kier alpha value is -1.27. The number of fused-ring (bicyclic) bond motifs is 1. The van der Waals surface area contributed by atoms with Crippen molar-refractivity contribution in [3.63, 3.8) is 0 Å².